The van der Waals surface area contributed by atoms with Crippen LogP contribution in [0.3, 0.4) is 0 Å². The van der Waals surface area contributed by atoms with Gasteiger partial charge in [0, 0.05) is 18.9 Å². The lowest BCUT2D eigenvalue weighted by molar-refractivity contribution is -0.117. The number of anilines is 1. The second-order valence-corrected chi connectivity index (χ2v) is 6.39. The van der Waals surface area contributed by atoms with Crippen LogP contribution in [0.2, 0.25) is 0 Å². The summed E-state index contributed by atoms with van der Waals surface area (Å²) in [7, 11) is -4.59. The van der Waals surface area contributed by atoms with Gasteiger partial charge in [-0.25, -0.2) is 4.98 Å². The first kappa shape index (κ1) is 13.1. The molecule has 1 unspecified atom stereocenters. The van der Waals surface area contributed by atoms with E-state index >= 15 is 0 Å². The van der Waals surface area contributed by atoms with Crippen LogP contribution in [0.5, 0.6) is 0 Å². The average molecular weight is 292 g/mol. The second kappa shape index (κ2) is 4.73. The summed E-state index contributed by atoms with van der Waals surface area (Å²) >= 11 is 1.04. The largest absolute Gasteiger partial charge is 0.302 e. The molecule has 0 spiro atoms. The first-order valence-corrected chi connectivity index (χ1v) is 7.39. The van der Waals surface area contributed by atoms with Gasteiger partial charge in [-0.2, -0.15) is 8.42 Å². The zero-order valence-corrected chi connectivity index (χ0v) is 10.7. The number of aldehydes is 1. The molecule has 1 saturated heterocycles. The summed E-state index contributed by atoms with van der Waals surface area (Å²) in [6, 6.07) is 0. The molecule has 1 fully saturated rings. The molecule has 9 heteroatoms. The number of amides is 1. The van der Waals surface area contributed by atoms with E-state index in [-0.39, 0.29) is 18.9 Å². The van der Waals surface area contributed by atoms with E-state index in [2.05, 4.69) is 4.98 Å². The molecule has 1 aromatic heterocycles. The van der Waals surface area contributed by atoms with Gasteiger partial charge in [-0.1, -0.05) is 11.3 Å². The lowest BCUT2D eigenvalue weighted by Crippen LogP contribution is -2.25. The molecule has 1 amide bonds. The van der Waals surface area contributed by atoms with E-state index in [1.165, 1.54) is 11.1 Å². The van der Waals surface area contributed by atoms with Gasteiger partial charge in [0.1, 0.15) is 0 Å². The van der Waals surface area contributed by atoms with Gasteiger partial charge in [-0.05, 0) is 0 Å². The predicted octanol–water partition coefficient (Wildman–Crippen LogP) is 0.608. The molecule has 2 rings (SSSR count). The minimum Gasteiger partial charge on any atom is -0.297 e. The first-order valence-electron chi connectivity index (χ1n) is 5.03. The van der Waals surface area contributed by atoms with Crippen LogP contribution in [-0.4, -0.2) is 37.9 Å². The Labute approximate surface area is 107 Å². The minimum atomic E-state index is -4.59. The van der Waals surface area contributed by atoms with Crippen molar-refractivity contribution in [2.45, 2.75) is 6.42 Å². The van der Waals surface area contributed by atoms with Gasteiger partial charge in [-0.15, -0.1) is 3.89 Å². The maximum absolute atomic E-state index is 12.5. The van der Waals surface area contributed by atoms with Gasteiger partial charge in [-0.3, -0.25) is 14.5 Å². The number of rotatable bonds is 4. The Morgan fingerprint density at radius 3 is 2.89 bits per heavy atom. The molecular weight excluding hydrogens is 283 g/mol. The molecule has 0 aromatic carbocycles. The number of carbonyl (C=O) groups excluding carboxylic acids is 2. The van der Waals surface area contributed by atoms with Crippen molar-refractivity contribution in [3.63, 3.8) is 0 Å². The van der Waals surface area contributed by atoms with E-state index in [1.807, 2.05) is 0 Å². The van der Waals surface area contributed by atoms with E-state index < -0.39 is 21.9 Å². The Hall–Kier alpha value is -1.35. The van der Waals surface area contributed by atoms with Crippen LogP contribution in [0, 0.1) is 5.92 Å². The van der Waals surface area contributed by atoms with Crippen LogP contribution in [0.4, 0.5) is 9.02 Å². The number of carbonyl (C=O) groups is 2. The van der Waals surface area contributed by atoms with E-state index in [0.717, 1.165) is 11.3 Å². The smallest absolute Gasteiger partial charge is 0.297 e. The van der Waals surface area contributed by atoms with E-state index in [4.69, 9.17) is 0 Å². The van der Waals surface area contributed by atoms with Crippen LogP contribution in [0.15, 0.2) is 6.20 Å². The zero-order chi connectivity index (χ0) is 13.3. The molecule has 18 heavy (non-hydrogen) atoms. The number of thiazole rings is 1. The monoisotopic (exact) mass is 292 g/mol. The van der Waals surface area contributed by atoms with Crippen molar-refractivity contribution < 1.29 is 21.9 Å². The molecule has 1 aliphatic heterocycles. The fourth-order valence-corrected chi connectivity index (χ4v) is 3.36. The molecule has 2 heterocycles. The zero-order valence-electron chi connectivity index (χ0n) is 9.08. The Morgan fingerprint density at radius 1 is 1.61 bits per heavy atom. The van der Waals surface area contributed by atoms with Gasteiger partial charge in [0.05, 0.1) is 16.8 Å². The van der Waals surface area contributed by atoms with Crippen molar-refractivity contribution in [1.82, 2.24) is 4.98 Å². The fraction of sp³-hybridized carbons (Fsp3) is 0.444. The molecule has 1 aliphatic rings. The summed E-state index contributed by atoms with van der Waals surface area (Å²) in [5, 5.41) is 0.334. The quantitative estimate of drug-likeness (QED) is 0.599. The van der Waals surface area contributed by atoms with Crippen molar-refractivity contribution in [1.29, 1.82) is 0 Å². The molecule has 1 atom stereocenters. The van der Waals surface area contributed by atoms with E-state index in [1.54, 1.807) is 0 Å². The molecule has 0 bridgehead atoms. The minimum absolute atomic E-state index is 0.0286. The average Bonchev–Trinajstić information content (AvgIpc) is 2.82. The molecule has 0 N–H and O–H groups in total. The summed E-state index contributed by atoms with van der Waals surface area (Å²) in [5.74, 6) is -1.55. The highest BCUT2D eigenvalue weighted by atomic mass is 32.3. The van der Waals surface area contributed by atoms with Crippen molar-refractivity contribution in [3.05, 3.63) is 11.1 Å². The van der Waals surface area contributed by atoms with Crippen LogP contribution in [0.1, 0.15) is 16.1 Å². The molecule has 6 nitrogen and oxygen atoms in total. The van der Waals surface area contributed by atoms with Crippen molar-refractivity contribution in [2.24, 2.45) is 5.92 Å². The number of hydrogen-bond acceptors (Lipinski definition) is 6. The molecule has 98 valence electrons. The normalized spacial score (nSPS) is 20.4. The summed E-state index contributed by atoms with van der Waals surface area (Å²) < 4.78 is 33.6. The number of nitrogens with zero attached hydrogens (tertiary/aromatic N) is 2. The van der Waals surface area contributed by atoms with Crippen LogP contribution in [0.25, 0.3) is 0 Å². The lowest BCUT2D eigenvalue weighted by Gasteiger charge is -2.11. The van der Waals surface area contributed by atoms with Gasteiger partial charge in [0.25, 0.3) is 0 Å². The summed E-state index contributed by atoms with van der Waals surface area (Å²) in [5.41, 5.74) is 0. The van der Waals surface area contributed by atoms with Crippen LogP contribution < -0.4 is 4.90 Å². The highest BCUT2D eigenvalue weighted by Gasteiger charge is 2.34. The van der Waals surface area contributed by atoms with Gasteiger partial charge in [0.15, 0.2) is 11.4 Å². The lowest BCUT2D eigenvalue weighted by atomic mass is 10.1. The third-order valence-corrected chi connectivity index (χ3v) is 4.31. The standard InChI is InChI=1S/C9H9FN2O4S2/c10-18(15,16)5-6-1-8(14)12(3-6)9-11-2-7(4-13)17-9/h2,4,6H,1,3,5H2. The Morgan fingerprint density at radius 2 is 2.33 bits per heavy atom. The number of hydrogen-bond donors (Lipinski definition) is 0. The third-order valence-electron chi connectivity index (χ3n) is 2.50. The molecule has 0 radical (unpaired) electrons. The third kappa shape index (κ3) is 2.91. The maximum atomic E-state index is 12.5. The summed E-state index contributed by atoms with van der Waals surface area (Å²) in [4.78, 5) is 27.7. The highest BCUT2D eigenvalue weighted by Crippen LogP contribution is 2.29. The summed E-state index contributed by atoms with van der Waals surface area (Å²) in [6.07, 6.45) is 1.92. The summed E-state index contributed by atoms with van der Waals surface area (Å²) in [6.45, 7) is 0.105. The first-order chi connectivity index (χ1) is 8.39. The fourth-order valence-electron chi connectivity index (χ4n) is 1.82. The Bertz CT molecular complexity index is 583. The van der Waals surface area contributed by atoms with Crippen molar-refractivity contribution in [2.75, 3.05) is 17.2 Å². The van der Waals surface area contributed by atoms with Gasteiger partial charge < -0.3 is 0 Å². The maximum Gasteiger partial charge on any atom is 0.302 e. The van der Waals surface area contributed by atoms with E-state index in [9.17, 15) is 21.9 Å². The van der Waals surface area contributed by atoms with Gasteiger partial charge >= 0.3 is 10.2 Å². The SMILES string of the molecule is O=Cc1cnc(N2CC(CS(=O)(=O)F)CC2=O)s1. The van der Waals surface area contributed by atoms with Crippen molar-refractivity contribution in [3.8, 4) is 0 Å². The second-order valence-electron chi connectivity index (χ2n) is 3.94. The Kier molecular flexibility index (Phi) is 3.44. The highest BCUT2D eigenvalue weighted by molar-refractivity contribution is 7.86. The van der Waals surface area contributed by atoms with Gasteiger partial charge in [0.2, 0.25) is 5.91 Å². The van der Waals surface area contributed by atoms with Crippen LogP contribution in [-0.2, 0) is 15.0 Å². The number of aromatic nitrogens is 1. The molecule has 0 saturated carbocycles. The van der Waals surface area contributed by atoms with E-state index in [0.29, 0.717) is 16.3 Å². The van der Waals surface area contributed by atoms with Crippen LogP contribution >= 0.6 is 11.3 Å². The number of halogens is 1. The van der Waals surface area contributed by atoms with Crippen molar-refractivity contribution >= 4 is 38.9 Å². The Balaban J connectivity index is 2.12. The molecular formula is C9H9FN2O4S2. The molecule has 0 aliphatic carbocycles. The predicted molar refractivity (Wildman–Crippen MR) is 62.9 cm³/mol. The topological polar surface area (TPSA) is 84.4 Å². The molecule has 1 aromatic rings.